The Labute approximate surface area is 206 Å². The van der Waals surface area contributed by atoms with Gasteiger partial charge in [0.05, 0.1) is 5.69 Å². The first-order chi connectivity index (χ1) is 14.7. The molecule has 0 saturated carbocycles. The van der Waals surface area contributed by atoms with E-state index in [2.05, 4.69) is 56.7 Å². The van der Waals surface area contributed by atoms with Crippen molar-refractivity contribution in [2.45, 2.75) is 32.4 Å². The van der Waals surface area contributed by atoms with E-state index in [0.717, 1.165) is 57.5 Å². The van der Waals surface area contributed by atoms with Crippen LogP contribution >= 0.6 is 35.3 Å². The fraction of sp³-hybridized carbons (Fsp3) is 0.636. The van der Waals surface area contributed by atoms with Crippen LogP contribution in [-0.4, -0.2) is 78.7 Å². The largest absolute Gasteiger partial charge is 0.364 e. The molecular formula is C22H35IN6OS. The maximum atomic E-state index is 5.12. The van der Waals surface area contributed by atoms with Crippen molar-refractivity contribution in [1.82, 2.24) is 25.2 Å². The number of piperazine rings is 1. The number of aromatic nitrogens is 1. The van der Waals surface area contributed by atoms with E-state index in [1.807, 2.05) is 17.4 Å². The molecular weight excluding hydrogens is 523 g/mol. The number of thiophene rings is 1. The van der Waals surface area contributed by atoms with Crippen molar-refractivity contribution in [1.29, 1.82) is 0 Å². The summed E-state index contributed by atoms with van der Waals surface area (Å²) in [5, 5.41) is 9.77. The molecule has 0 bridgehead atoms. The third-order valence-corrected chi connectivity index (χ3v) is 7.14. The molecule has 0 aromatic carbocycles. The first-order valence-corrected chi connectivity index (χ1v) is 12.0. The van der Waals surface area contributed by atoms with Gasteiger partial charge in [0.25, 0.3) is 0 Å². The summed E-state index contributed by atoms with van der Waals surface area (Å²) in [5.41, 5.74) is 1.00. The SMILES string of the molecule is CCNC(=NCC1CCCN(C)C1c1cccs1)N1CCN(Cc2ccon2)CC1.I. The molecule has 0 aliphatic carbocycles. The van der Waals surface area contributed by atoms with Crippen LogP contribution in [0.15, 0.2) is 39.4 Å². The van der Waals surface area contributed by atoms with E-state index in [9.17, 15) is 0 Å². The van der Waals surface area contributed by atoms with E-state index in [1.165, 1.54) is 24.3 Å². The lowest BCUT2D eigenvalue weighted by Gasteiger charge is -2.39. The molecule has 31 heavy (non-hydrogen) atoms. The lowest BCUT2D eigenvalue weighted by Crippen LogP contribution is -2.52. The van der Waals surface area contributed by atoms with E-state index in [0.29, 0.717) is 12.0 Å². The quantitative estimate of drug-likeness (QED) is 0.333. The van der Waals surface area contributed by atoms with Gasteiger partial charge in [-0.25, -0.2) is 0 Å². The second kappa shape index (κ2) is 12.2. The van der Waals surface area contributed by atoms with E-state index in [1.54, 1.807) is 6.26 Å². The predicted octanol–water partition coefficient (Wildman–Crippen LogP) is 3.52. The number of halogens is 1. The van der Waals surface area contributed by atoms with Crippen LogP contribution in [0.5, 0.6) is 0 Å². The Hall–Kier alpha value is -1.17. The van der Waals surface area contributed by atoms with Gasteiger partial charge in [0, 0.05) is 62.8 Å². The van der Waals surface area contributed by atoms with Crippen LogP contribution in [0.3, 0.4) is 0 Å². The number of aliphatic imine (C=N–C) groups is 1. The predicted molar refractivity (Wildman–Crippen MR) is 137 cm³/mol. The molecule has 7 nitrogen and oxygen atoms in total. The molecule has 2 saturated heterocycles. The number of hydrogen-bond donors (Lipinski definition) is 1. The average Bonchev–Trinajstić information content (AvgIpc) is 3.46. The summed E-state index contributed by atoms with van der Waals surface area (Å²) in [5.74, 6) is 1.64. The second-order valence-corrected chi connectivity index (χ2v) is 9.27. The number of guanidine groups is 1. The Balaban J connectivity index is 0.00000272. The fourth-order valence-corrected chi connectivity index (χ4v) is 5.64. The summed E-state index contributed by atoms with van der Waals surface area (Å²) in [7, 11) is 2.26. The van der Waals surface area contributed by atoms with Crippen molar-refractivity contribution >= 4 is 41.3 Å². The van der Waals surface area contributed by atoms with Gasteiger partial charge in [0.15, 0.2) is 5.96 Å². The Morgan fingerprint density at radius 3 is 2.77 bits per heavy atom. The molecule has 0 spiro atoms. The molecule has 0 radical (unpaired) electrons. The van der Waals surface area contributed by atoms with Gasteiger partial charge < -0.3 is 14.7 Å². The van der Waals surface area contributed by atoms with Gasteiger partial charge in [-0.3, -0.25) is 14.8 Å². The summed E-state index contributed by atoms with van der Waals surface area (Å²) < 4.78 is 4.96. The van der Waals surface area contributed by atoms with E-state index >= 15 is 0 Å². The highest BCUT2D eigenvalue weighted by atomic mass is 127. The lowest BCUT2D eigenvalue weighted by molar-refractivity contribution is 0.127. The normalized spacial score (nSPS) is 23.5. The zero-order valence-electron chi connectivity index (χ0n) is 18.6. The molecule has 2 fully saturated rings. The van der Waals surface area contributed by atoms with Gasteiger partial charge in [0.2, 0.25) is 0 Å². The molecule has 0 amide bonds. The molecule has 2 aromatic rings. The van der Waals surface area contributed by atoms with Crippen molar-refractivity contribution < 1.29 is 4.52 Å². The third kappa shape index (κ3) is 6.43. The van der Waals surface area contributed by atoms with Crippen molar-refractivity contribution in [2.24, 2.45) is 10.9 Å². The van der Waals surface area contributed by atoms with Crippen molar-refractivity contribution in [3.05, 3.63) is 40.4 Å². The van der Waals surface area contributed by atoms with Crippen LogP contribution < -0.4 is 5.32 Å². The minimum atomic E-state index is 0. The van der Waals surface area contributed by atoms with Crippen molar-refractivity contribution in [3.8, 4) is 0 Å². The zero-order valence-corrected chi connectivity index (χ0v) is 21.7. The van der Waals surface area contributed by atoms with Crippen LogP contribution in [0.4, 0.5) is 0 Å². The second-order valence-electron chi connectivity index (χ2n) is 8.29. The van der Waals surface area contributed by atoms with E-state index < -0.39 is 0 Å². The van der Waals surface area contributed by atoms with Crippen LogP contribution in [0.1, 0.15) is 36.4 Å². The molecule has 2 unspecified atom stereocenters. The molecule has 4 heterocycles. The van der Waals surface area contributed by atoms with E-state index in [-0.39, 0.29) is 24.0 Å². The van der Waals surface area contributed by atoms with Gasteiger partial charge in [0.1, 0.15) is 6.26 Å². The Kier molecular flexibility index (Phi) is 9.61. The van der Waals surface area contributed by atoms with Crippen LogP contribution in [0.25, 0.3) is 0 Å². The molecule has 172 valence electrons. The molecule has 4 rings (SSSR count). The number of piperidine rings is 1. The van der Waals surface area contributed by atoms with Crippen molar-refractivity contribution in [3.63, 3.8) is 0 Å². The van der Waals surface area contributed by atoms with Gasteiger partial charge in [-0.15, -0.1) is 35.3 Å². The van der Waals surface area contributed by atoms with Gasteiger partial charge in [-0.2, -0.15) is 0 Å². The van der Waals surface area contributed by atoms with Gasteiger partial charge in [-0.05, 0) is 50.7 Å². The molecule has 2 aliphatic rings. The highest BCUT2D eigenvalue weighted by molar-refractivity contribution is 14.0. The molecule has 2 aliphatic heterocycles. The standard InChI is InChI=1S/C22H34N6OS.HI/c1-3-23-22(28-12-10-27(11-13-28)17-19-8-14-29-25-19)24-16-18-6-4-9-26(2)21(18)20-7-5-15-30-20;/h5,7-8,14-15,18,21H,3-4,6,9-13,16-17H2,1-2H3,(H,23,24);1H. The number of rotatable bonds is 6. The minimum absolute atomic E-state index is 0. The Bertz CT molecular complexity index is 776. The van der Waals surface area contributed by atoms with Crippen LogP contribution in [0.2, 0.25) is 0 Å². The number of likely N-dealkylation sites (tertiary alicyclic amines) is 1. The lowest BCUT2D eigenvalue weighted by atomic mass is 9.88. The minimum Gasteiger partial charge on any atom is -0.364 e. The highest BCUT2D eigenvalue weighted by Gasteiger charge is 2.31. The van der Waals surface area contributed by atoms with Crippen LogP contribution in [0, 0.1) is 5.92 Å². The maximum Gasteiger partial charge on any atom is 0.194 e. The Morgan fingerprint density at radius 2 is 2.10 bits per heavy atom. The summed E-state index contributed by atoms with van der Waals surface area (Å²) in [6.07, 6.45) is 4.16. The van der Waals surface area contributed by atoms with Crippen molar-refractivity contribution in [2.75, 3.05) is 52.9 Å². The number of hydrogen-bond acceptors (Lipinski definition) is 6. The first kappa shape index (κ1) is 24.5. The van der Waals surface area contributed by atoms with Gasteiger partial charge in [-0.1, -0.05) is 11.2 Å². The Morgan fingerprint density at radius 1 is 1.26 bits per heavy atom. The summed E-state index contributed by atoms with van der Waals surface area (Å²) in [4.78, 5) is 14.0. The fourth-order valence-electron chi connectivity index (χ4n) is 4.66. The molecule has 1 N–H and O–H groups in total. The van der Waals surface area contributed by atoms with Gasteiger partial charge >= 0.3 is 0 Å². The summed E-state index contributed by atoms with van der Waals surface area (Å²) in [6, 6.07) is 6.89. The highest BCUT2D eigenvalue weighted by Crippen LogP contribution is 2.37. The van der Waals surface area contributed by atoms with E-state index in [4.69, 9.17) is 9.52 Å². The monoisotopic (exact) mass is 558 g/mol. The molecule has 9 heteroatoms. The smallest absolute Gasteiger partial charge is 0.194 e. The maximum absolute atomic E-state index is 5.12. The summed E-state index contributed by atoms with van der Waals surface area (Å²) in [6.45, 7) is 9.98. The molecule has 2 aromatic heterocycles. The molecule has 2 atom stereocenters. The number of nitrogens with one attached hydrogen (secondary N) is 1. The zero-order chi connectivity index (χ0) is 20.8. The topological polar surface area (TPSA) is 60.1 Å². The summed E-state index contributed by atoms with van der Waals surface area (Å²) >= 11 is 1.88. The van der Waals surface area contributed by atoms with Crippen LogP contribution in [-0.2, 0) is 6.54 Å². The number of nitrogens with zero attached hydrogens (tertiary/aromatic N) is 5. The average molecular weight is 559 g/mol. The third-order valence-electron chi connectivity index (χ3n) is 6.20. The first-order valence-electron chi connectivity index (χ1n) is 11.1.